The van der Waals surface area contributed by atoms with Gasteiger partial charge < -0.3 is 14.8 Å². The van der Waals surface area contributed by atoms with E-state index in [1.807, 2.05) is 0 Å². The predicted octanol–water partition coefficient (Wildman–Crippen LogP) is 4.82. The molecule has 1 aliphatic rings. The Hall–Kier alpha value is -3.34. The van der Waals surface area contributed by atoms with Crippen molar-refractivity contribution in [3.8, 4) is 16.9 Å². The minimum absolute atomic E-state index is 0.288. The van der Waals surface area contributed by atoms with Gasteiger partial charge in [-0.3, -0.25) is 4.98 Å². The number of hydrogen-bond donors (Lipinski definition) is 1. The number of aromatic nitrogens is 1. The number of nitrogens with one attached hydrogen (secondary N) is 1. The lowest BCUT2D eigenvalue weighted by atomic mass is 9.90. The van der Waals surface area contributed by atoms with Crippen molar-refractivity contribution in [3.05, 3.63) is 77.6 Å². The molecule has 29 heavy (non-hydrogen) atoms. The van der Waals surface area contributed by atoms with Crippen molar-refractivity contribution in [3.63, 3.8) is 0 Å². The molecule has 5 nitrogen and oxygen atoms in total. The van der Waals surface area contributed by atoms with E-state index in [9.17, 15) is 4.79 Å². The quantitative estimate of drug-likeness (QED) is 0.635. The second-order valence-corrected chi connectivity index (χ2v) is 7.25. The number of ether oxygens (including phenoxy) is 2. The molecule has 0 radical (unpaired) electrons. The van der Waals surface area contributed by atoms with Crippen LogP contribution in [0.15, 0.2) is 60.9 Å². The number of methoxy groups -OCH3 is 1. The van der Waals surface area contributed by atoms with Crippen LogP contribution < -0.4 is 10.1 Å². The lowest BCUT2D eigenvalue weighted by Gasteiger charge is -2.27. The smallest absolute Gasteiger partial charge is 0.340 e. The average Bonchev–Trinajstić information content (AvgIpc) is 2.77. The maximum Gasteiger partial charge on any atom is 0.340 e. The number of carbonyl (C=O) groups excluding carboxylic acids is 1. The van der Waals surface area contributed by atoms with Crippen LogP contribution in [0.1, 0.15) is 33.8 Å². The molecule has 0 bridgehead atoms. The van der Waals surface area contributed by atoms with Crippen molar-refractivity contribution in [2.45, 2.75) is 19.3 Å². The molecule has 0 saturated carbocycles. The Morgan fingerprint density at radius 3 is 2.90 bits per heavy atom. The molecule has 4 rings (SSSR count). The number of esters is 1. The highest BCUT2D eigenvalue weighted by atomic mass is 16.5. The standard InChI is InChI=1S/C24H24N2O3/c1-16-4-3-5-17(12-16)18-6-7-20-19(9-11-29-23(20)13-18)14-26-22-15-25-10-8-21(22)24(27)28-2/h3-8,10,12-13,15,19,26H,9,11,14H2,1-2H3. The summed E-state index contributed by atoms with van der Waals surface area (Å²) in [6, 6.07) is 16.6. The summed E-state index contributed by atoms with van der Waals surface area (Å²) in [6.07, 6.45) is 4.17. The van der Waals surface area contributed by atoms with Crippen LogP contribution >= 0.6 is 0 Å². The average molecular weight is 388 g/mol. The van der Waals surface area contributed by atoms with Gasteiger partial charge in [-0.2, -0.15) is 0 Å². The van der Waals surface area contributed by atoms with Crippen molar-refractivity contribution >= 4 is 11.7 Å². The Kier molecular flexibility index (Phi) is 5.47. The predicted molar refractivity (Wildman–Crippen MR) is 114 cm³/mol. The van der Waals surface area contributed by atoms with Gasteiger partial charge in [0.25, 0.3) is 0 Å². The van der Waals surface area contributed by atoms with Crippen molar-refractivity contribution in [1.82, 2.24) is 4.98 Å². The third-order valence-corrected chi connectivity index (χ3v) is 5.29. The van der Waals surface area contributed by atoms with E-state index in [4.69, 9.17) is 9.47 Å². The molecular formula is C24H24N2O3. The van der Waals surface area contributed by atoms with Crippen molar-refractivity contribution in [2.75, 3.05) is 25.6 Å². The summed E-state index contributed by atoms with van der Waals surface area (Å²) in [5.41, 5.74) is 5.94. The molecule has 1 atom stereocenters. The third-order valence-electron chi connectivity index (χ3n) is 5.29. The lowest BCUT2D eigenvalue weighted by Crippen LogP contribution is -2.21. The molecule has 1 N–H and O–H groups in total. The second-order valence-electron chi connectivity index (χ2n) is 7.25. The number of benzene rings is 2. The summed E-state index contributed by atoms with van der Waals surface area (Å²) in [6.45, 7) is 3.46. The highest BCUT2D eigenvalue weighted by molar-refractivity contribution is 5.95. The van der Waals surface area contributed by atoms with Crippen LogP contribution in [0.5, 0.6) is 5.75 Å². The highest BCUT2D eigenvalue weighted by Crippen LogP contribution is 2.37. The number of fused-ring (bicyclic) bond motifs is 1. The second kappa shape index (κ2) is 8.35. The van der Waals surface area contributed by atoms with Gasteiger partial charge in [0.1, 0.15) is 5.75 Å². The monoisotopic (exact) mass is 388 g/mol. The number of rotatable bonds is 5. The van der Waals surface area contributed by atoms with E-state index in [1.165, 1.54) is 23.8 Å². The van der Waals surface area contributed by atoms with Crippen molar-refractivity contribution in [1.29, 1.82) is 0 Å². The first kappa shape index (κ1) is 19.0. The zero-order valence-corrected chi connectivity index (χ0v) is 16.6. The number of nitrogens with zero attached hydrogens (tertiary/aromatic N) is 1. The fourth-order valence-electron chi connectivity index (χ4n) is 3.74. The van der Waals surface area contributed by atoms with E-state index in [2.05, 4.69) is 59.7 Å². The largest absolute Gasteiger partial charge is 0.493 e. The summed E-state index contributed by atoms with van der Waals surface area (Å²) >= 11 is 0. The number of pyridine rings is 1. The van der Waals surface area contributed by atoms with Gasteiger partial charge in [-0.15, -0.1) is 0 Å². The lowest BCUT2D eigenvalue weighted by molar-refractivity contribution is 0.0601. The molecule has 0 aliphatic carbocycles. The van der Waals surface area contributed by atoms with Crippen molar-refractivity contribution in [2.24, 2.45) is 0 Å². The van der Waals surface area contributed by atoms with Crippen LogP contribution in [0.2, 0.25) is 0 Å². The van der Waals surface area contributed by atoms with Crippen molar-refractivity contribution < 1.29 is 14.3 Å². The van der Waals surface area contributed by atoms with Crippen LogP contribution in [-0.4, -0.2) is 31.2 Å². The Labute approximate surface area is 170 Å². The molecule has 0 spiro atoms. The molecule has 0 saturated heterocycles. The Balaban J connectivity index is 1.54. The minimum Gasteiger partial charge on any atom is -0.493 e. The maximum absolute atomic E-state index is 12.0. The summed E-state index contributed by atoms with van der Waals surface area (Å²) in [4.78, 5) is 16.1. The first-order valence-electron chi connectivity index (χ1n) is 9.75. The van der Waals surface area contributed by atoms with Gasteiger partial charge >= 0.3 is 5.97 Å². The topological polar surface area (TPSA) is 60.5 Å². The molecular weight excluding hydrogens is 364 g/mol. The zero-order valence-electron chi connectivity index (χ0n) is 16.6. The van der Waals surface area contributed by atoms with Crippen LogP contribution in [0.25, 0.3) is 11.1 Å². The van der Waals surface area contributed by atoms with Gasteiger partial charge in [-0.25, -0.2) is 4.79 Å². The molecule has 5 heteroatoms. The van der Waals surface area contributed by atoms with E-state index >= 15 is 0 Å². The summed E-state index contributed by atoms with van der Waals surface area (Å²) in [5.74, 6) is 0.850. The molecule has 0 fully saturated rings. The Morgan fingerprint density at radius 2 is 2.07 bits per heavy atom. The summed E-state index contributed by atoms with van der Waals surface area (Å²) < 4.78 is 10.8. The van der Waals surface area contributed by atoms with Gasteiger partial charge in [0, 0.05) is 18.7 Å². The van der Waals surface area contributed by atoms with E-state index in [0.29, 0.717) is 24.4 Å². The first-order valence-corrected chi connectivity index (χ1v) is 9.75. The van der Waals surface area contributed by atoms with Crippen LogP contribution in [-0.2, 0) is 4.74 Å². The van der Waals surface area contributed by atoms with Crippen LogP contribution in [0.4, 0.5) is 5.69 Å². The Bertz CT molecular complexity index is 1030. The van der Waals surface area contributed by atoms with E-state index in [1.54, 1.807) is 18.5 Å². The van der Waals surface area contributed by atoms with E-state index in [-0.39, 0.29) is 11.9 Å². The SMILES string of the molecule is COC(=O)c1ccncc1NCC1CCOc2cc(-c3cccc(C)c3)ccc21. The molecule has 2 heterocycles. The summed E-state index contributed by atoms with van der Waals surface area (Å²) in [7, 11) is 1.38. The molecule has 0 amide bonds. The van der Waals surface area contributed by atoms with Gasteiger partial charge in [0.2, 0.25) is 0 Å². The molecule has 2 aromatic carbocycles. The van der Waals surface area contributed by atoms with Gasteiger partial charge in [-0.1, -0.05) is 42.0 Å². The van der Waals surface area contributed by atoms with Crippen LogP contribution in [0, 0.1) is 6.92 Å². The van der Waals surface area contributed by atoms with Gasteiger partial charge in [0.15, 0.2) is 0 Å². The van der Waals surface area contributed by atoms with E-state index < -0.39 is 0 Å². The number of carbonyl (C=O) groups is 1. The number of anilines is 1. The van der Waals surface area contributed by atoms with Crippen LogP contribution in [0.3, 0.4) is 0 Å². The maximum atomic E-state index is 12.0. The zero-order chi connectivity index (χ0) is 20.2. The fourth-order valence-corrected chi connectivity index (χ4v) is 3.74. The molecule has 148 valence electrons. The highest BCUT2D eigenvalue weighted by Gasteiger charge is 2.23. The molecule has 1 aromatic heterocycles. The third kappa shape index (κ3) is 4.09. The van der Waals surface area contributed by atoms with Gasteiger partial charge in [0.05, 0.1) is 31.2 Å². The number of aryl methyl sites for hydroxylation is 1. The molecule has 3 aromatic rings. The van der Waals surface area contributed by atoms with Gasteiger partial charge in [-0.05, 0) is 42.2 Å². The van der Waals surface area contributed by atoms with E-state index in [0.717, 1.165) is 17.7 Å². The molecule has 1 unspecified atom stereocenters. The molecule has 1 aliphatic heterocycles. The normalized spacial score (nSPS) is 15.2. The Morgan fingerprint density at radius 1 is 1.21 bits per heavy atom. The first-order chi connectivity index (χ1) is 14.2. The minimum atomic E-state index is -0.370. The fraction of sp³-hybridized carbons (Fsp3) is 0.250. The summed E-state index contributed by atoms with van der Waals surface area (Å²) in [5, 5.41) is 3.37. The number of hydrogen-bond acceptors (Lipinski definition) is 5.